The van der Waals surface area contributed by atoms with Crippen molar-refractivity contribution in [2.75, 3.05) is 42.4 Å². The Hall–Kier alpha value is -5.42. The molecule has 238 valence electrons. The number of ether oxygens (including phenoxy) is 2. The molecule has 0 saturated carbocycles. The predicted molar refractivity (Wildman–Crippen MR) is 172 cm³/mol. The Bertz CT molecular complexity index is 1590. The average Bonchev–Trinajstić information content (AvgIpc) is 3.08. The Balaban J connectivity index is 1.29. The first-order chi connectivity index (χ1) is 22.6. The molecule has 1 aliphatic rings. The van der Waals surface area contributed by atoms with E-state index in [0.717, 1.165) is 36.1 Å². The molecule has 5 heterocycles. The molecule has 0 radical (unpaired) electrons. The van der Waals surface area contributed by atoms with E-state index < -0.39 is 0 Å². The summed E-state index contributed by atoms with van der Waals surface area (Å²) in [5.74, 6) is 1.45. The lowest BCUT2D eigenvalue weighted by atomic mass is 10.0. The number of hydrogen-bond acceptors (Lipinski definition) is 12. The van der Waals surface area contributed by atoms with Crippen LogP contribution < -0.4 is 25.6 Å². The summed E-state index contributed by atoms with van der Waals surface area (Å²) in [6.07, 6.45) is 11.4. The van der Waals surface area contributed by atoms with E-state index in [9.17, 15) is 10.1 Å². The number of urea groups is 1. The van der Waals surface area contributed by atoms with Crippen LogP contribution in [0.25, 0.3) is 11.1 Å². The van der Waals surface area contributed by atoms with Crippen molar-refractivity contribution in [3.05, 3.63) is 72.6 Å². The standard InChI is InChI=1S/C32H37N11O3/c1-3-7-27(9-6-13-35-30-37-16-23(14-33)29(42-30)41-26-20-46-21-26)43(32(44)40-19-25-8-4-5-12-34-25)28-11-10-22(15-36-28)24-17-38-31(45-2)39-18-24/h4-5,8,10-12,15-18,26-27H,3,6-7,9,13,19-21H2,1-2H3,(H,40,44)(H2,35,37,41,42)/t27-/m0/s1. The highest BCUT2D eigenvalue weighted by atomic mass is 16.5. The molecule has 14 nitrogen and oxygen atoms in total. The molecule has 4 aromatic rings. The minimum atomic E-state index is -0.254. The fraction of sp³-hybridized carbons (Fsp3) is 0.375. The molecule has 0 bridgehead atoms. The molecule has 0 spiro atoms. The number of pyridine rings is 2. The maximum atomic E-state index is 13.8. The molecule has 0 aromatic carbocycles. The summed E-state index contributed by atoms with van der Waals surface area (Å²) < 4.78 is 10.3. The predicted octanol–water partition coefficient (Wildman–Crippen LogP) is 4.19. The van der Waals surface area contributed by atoms with Gasteiger partial charge in [-0.15, -0.1) is 0 Å². The molecule has 4 aromatic heterocycles. The van der Waals surface area contributed by atoms with Crippen LogP contribution in [-0.4, -0.2) is 74.9 Å². The van der Waals surface area contributed by atoms with Gasteiger partial charge in [-0.1, -0.05) is 19.4 Å². The molecule has 14 heteroatoms. The highest BCUT2D eigenvalue weighted by molar-refractivity contribution is 5.91. The van der Waals surface area contributed by atoms with Gasteiger partial charge in [0.15, 0.2) is 0 Å². The van der Waals surface area contributed by atoms with Gasteiger partial charge in [0.25, 0.3) is 0 Å². The van der Waals surface area contributed by atoms with Crippen molar-refractivity contribution in [1.82, 2.24) is 35.2 Å². The first-order valence-corrected chi connectivity index (χ1v) is 15.2. The van der Waals surface area contributed by atoms with Crippen LogP contribution in [-0.2, 0) is 11.3 Å². The summed E-state index contributed by atoms with van der Waals surface area (Å²) in [6.45, 7) is 4.12. The van der Waals surface area contributed by atoms with Crippen molar-refractivity contribution in [1.29, 1.82) is 5.26 Å². The highest BCUT2D eigenvalue weighted by Gasteiger charge is 2.26. The van der Waals surface area contributed by atoms with Gasteiger partial charge >= 0.3 is 12.0 Å². The minimum Gasteiger partial charge on any atom is -0.467 e. The number of amides is 2. The molecular formula is C32H37N11O3. The number of nitriles is 1. The Labute approximate surface area is 267 Å². The highest BCUT2D eigenvalue weighted by Crippen LogP contribution is 2.25. The Morgan fingerprint density at radius 3 is 2.54 bits per heavy atom. The van der Waals surface area contributed by atoms with E-state index >= 15 is 0 Å². The molecule has 1 aliphatic heterocycles. The van der Waals surface area contributed by atoms with Crippen molar-refractivity contribution >= 4 is 23.6 Å². The van der Waals surface area contributed by atoms with Crippen LogP contribution in [0.3, 0.4) is 0 Å². The van der Waals surface area contributed by atoms with Crippen LogP contribution in [0.2, 0.25) is 0 Å². The van der Waals surface area contributed by atoms with Gasteiger partial charge in [0.05, 0.1) is 44.8 Å². The summed E-state index contributed by atoms with van der Waals surface area (Å²) in [6, 6.07) is 11.5. The molecule has 1 atom stereocenters. The Morgan fingerprint density at radius 2 is 1.89 bits per heavy atom. The largest absolute Gasteiger partial charge is 0.467 e. The molecule has 5 rings (SSSR count). The van der Waals surface area contributed by atoms with Crippen LogP contribution in [0.15, 0.2) is 61.3 Å². The molecule has 0 aliphatic carbocycles. The number of carbonyl (C=O) groups excluding carboxylic acids is 1. The monoisotopic (exact) mass is 623 g/mol. The van der Waals surface area contributed by atoms with Crippen LogP contribution in [0.5, 0.6) is 6.01 Å². The molecular weight excluding hydrogens is 586 g/mol. The van der Waals surface area contributed by atoms with Gasteiger partial charge in [-0.3, -0.25) is 9.88 Å². The van der Waals surface area contributed by atoms with Gasteiger partial charge in [0.1, 0.15) is 23.3 Å². The minimum absolute atomic E-state index is 0.129. The normalized spacial score (nSPS) is 13.2. The van der Waals surface area contributed by atoms with Gasteiger partial charge in [0, 0.05) is 48.5 Å². The van der Waals surface area contributed by atoms with Gasteiger partial charge < -0.3 is 25.4 Å². The second kappa shape index (κ2) is 16.1. The van der Waals surface area contributed by atoms with E-state index in [0.29, 0.717) is 49.3 Å². The quantitative estimate of drug-likeness (QED) is 0.161. The van der Waals surface area contributed by atoms with Gasteiger partial charge in [0.2, 0.25) is 5.95 Å². The van der Waals surface area contributed by atoms with Gasteiger partial charge in [-0.05, 0) is 43.5 Å². The number of anilines is 3. The van der Waals surface area contributed by atoms with Crippen molar-refractivity contribution in [2.24, 2.45) is 0 Å². The number of aromatic nitrogens is 6. The fourth-order valence-corrected chi connectivity index (χ4v) is 4.93. The average molecular weight is 624 g/mol. The number of hydrogen-bond donors (Lipinski definition) is 3. The molecule has 3 N–H and O–H groups in total. The van der Waals surface area contributed by atoms with E-state index in [1.165, 1.54) is 13.3 Å². The first-order valence-electron chi connectivity index (χ1n) is 15.2. The summed E-state index contributed by atoms with van der Waals surface area (Å²) >= 11 is 0. The van der Waals surface area contributed by atoms with E-state index in [1.54, 1.807) is 29.7 Å². The van der Waals surface area contributed by atoms with Crippen molar-refractivity contribution in [2.45, 2.75) is 51.2 Å². The molecule has 46 heavy (non-hydrogen) atoms. The Kier molecular flexibility index (Phi) is 11.2. The summed E-state index contributed by atoms with van der Waals surface area (Å²) in [5, 5.41) is 19.0. The van der Waals surface area contributed by atoms with E-state index in [-0.39, 0.29) is 30.7 Å². The van der Waals surface area contributed by atoms with Crippen molar-refractivity contribution in [3.63, 3.8) is 0 Å². The number of carbonyl (C=O) groups is 1. The van der Waals surface area contributed by atoms with Crippen LogP contribution in [0.1, 0.15) is 43.9 Å². The second-order valence-corrected chi connectivity index (χ2v) is 10.7. The molecule has 1 fully saturated rings. The fourth-order valence-electron chi connectivity index (χ4n) is 4.93. The topological polar surface area (TPSA) is 176 Å². The summed E-state index contributed by atoms with van der Waals surface area (Å²) in [5.41, 5.74) is 2.74. The number of rotatable bonds is 15. The lowest BCUT2D eigenvalue weighted by Crippen LogP contribution is -2.47. The van der Waals surface area contributed by atoms with Crippen LogP contribution in [0, 0.1) is 11.3 Å². The zero-order chi connectivity index (χ0) is 32.1. The van der Waals surface area contributed by atoms with Crippen molar-refractivity contribution in [3.8, 4) is 23.2 Å². The first kappa shape index (κ1) is 32.0. The Morgan fingerprint density at radius 1 is 1.07 bits per heavy atom. The third-order valence-electron chi connectivity index (χ3n) is 7.38. The van der Waals surface area contributed by atoms with E-state index in [2.05, 4.69) is 53.9 Å². The molecule has 1 saturated heterocycles. The third kappa shape index (κ3) is 8.39. The zero-order valence-corrected chi connectivity index (χ0v) is 25.9. The maximum Gasteiger partial charge on any atom is 0.323 e. The van der Waals surface area contributed by atoms with Gasteiger partial charge in [-0.2, -0.15) is 10.2 Å². The van der Waals surface area contributed by atoms with E-state index in [4.69, 9.17) is 14.5 Å². The smallest absolute Gasteiger partial charge is 0.323 e. The van der Waals surface area contributed by atoms with E-state index in [1.807, 2.05) is 30.3 Å². The number of nitrogens with zero attached hydrogens (tertiary/aromatic N) is 8. The maximum absolute atomic E-state index is 13.8. The lowest BCUT2D eigenvalue weighted by molar-refractivity contribution is 0.0209. The summed E-state index contributed by atoms with van der Waals surface area (Å²) in [7, 11) is 1.52. The van der Waals surface area contributed by atoms with Crippen molar-refractivity contribution < 1.29 is 14.3 Å². The second-order valence-electron chi connectivity index (χ2n) is 10.7. The van der Waals surface area contributed by atoms with Crippen LogP contribution in [0.4, 0.5) is 22.4 Å². The summed E-state index contributed by atoms with van der Waals surface area (Å²) in [4.78, 5) is 41.7. The van der Waals surface area contributed by atoms with Gasteiger partial charge in [-0.25, -0.2) is 24.7 Å². The number of methoxy groups -OCH3 is 1. The molecule has 2 amide bonds. The number of nitrogens with one attached hydrogen (secondary N) is 3. The SMILES string of the molecule is CCC[C@@H](CCCNc1ncc(C#N)c(NC2COC2)n1)N(C(=O)NCc1ccccn1)c1ccc(-c2cnc(OC)nc2)cn1. The van der Waals surface area contributed by atoms with Crippen LogP contribution >= 0.6 is 0 Å². The zero-order valence-electron chi connectivity index (χ0n) is 25.9. The molecule has 0 unspecified atom stereocenters. The lowest BCUT2D eigenvalue weighted by Gasteiger charge is -2.31. The third-order valence-corrected chi connectivity index (χ3v) is 7.38.